The molecule has 0 bridgehead atoms. The van der Waals surface area contributed by atoms with Crippen LogP contribution in [0.5, 0.6) is 0 Å². The molecular weight excluding hydrogens is 733 g/mol. The molecule has 0 fully saturated rings. The van der Waals surface area contributed by atoms with Crippen molar-refractivity contribution in [1.82, 2.24) is 0 Å². The number of benzene rings is 10. The number of para-hydroxylation sites is 1. The molecule has 13 rings (SSSR count). The fourth-order valence-corrected chi connectivity index (χ4v) is 11.9. The molecule has 0 amide bonds. The van der Waals surface area contributed by atoms with Gasteiger partial charge in [-0.15, -0.1) is 11.3 Å². The van der Waals surface area contributed by atoms with E-state index in [1.807, 2.05) is 11.3 Å². The fraction of sp³-hybridized carbons (Fsp3) is 0.0526. The zero-order valence-electron chi connectivity index (χ0n) is 32.6. The molecule has 0 radical (unpaired) electrons. The summed E-state index contributed by atoms with van der Waals surface area (Å²) in [7, 11) is 0. The summed E-state index contributed by atoms with van der Waals surface area (Å²) in [5, 5.41) is 12.6. The highest BCUT2D eigenvalue weighted by molar-refractivity contribution is 7.26. The number of hydrogen-bond donors (Lipinski definition) is 0. The molecule has 1 aliphatic carbocycles. The van der Waals surface area contributed by atoms with Gasteiger partial charge in [-0.05, 0) is 107 Å². The molecule has 0 saturated carbocycles. The molecule has 0 spiro atoms. The highest BCUT2D eigenvalue weighted by atomic mass is 32.1. The van der Waals surface area contributed by atoms with Gasteiger partial charge < -0.3 is 4.42 Å². The van der Waals surface area contributed by atoms with Gasteiger partial charge in [-0.25, -0.2) is 0 Å². The van der Waals surface area contributed by atoms with E-state index >= 15 is 0 Å². The van der Waals surface area contributed by atoms with Crippen molar-refractivity contribution in [2.45, 2.75) is 19.3 Å². The maximum atomic E-state index is 6.79. The summed E-state index contributed by atoms with van der Waals surface area (Å²) in [6.07, 6.45) is 0. The normalized spacial score (nSPS) is 13.4. The molecule has 276 valence electrons. The Kier molecular flexibility index (Phi) is 6.73. The monoisotopic (exact) mass is 768 g/mol. The van der Waals surface area contributed by atoms with Crippen LogP contribution in [0.25, 0.3) is 119 Å². The van der Waals surface area contributed by atoms with Crippen molar-refractivity contribution >= 4 is 85.8 Å². The Morgan fingerprint density at radius 2 is 1.07 bits per heavy atom. The molecule has 0 saturated heterocycles. The minimum absolute atomic E-state index is 0.0567. The average molecular weight is 769 g/mol. The van der Waals surface area contributed by atoms with Crippen LogP contribution in [-0.2, 0) is 5.41 Å². The zero-order valence-corrected chi connectivity index (χ0v) is 33.5. The lowest BCUT2D eigenvalue weighted by Crippen LogP contribution is -2.15. The molecule has 12 aromatic rings. The molecule has 0 unspecified atom stereocenters. The SMILES string of the molecule is CC1(C)c2ccccc2-c2ccc3sc4c5ccc(-c6cccc7c6oc6ccc(-c8c9ccccc9c(-c9ccccc9)c9ccccc89)cc67)cc5ccc4c3c21. The van der Waals surface area contributed by atoms with Crippen LogP contribution in [0, 0.1) is 0 Å². The van der Waals surface area contributed by atoms with Gasteiger partial charge in [-0.2, -0.15) is 0 Å². The second kappa shape index (κ2) is 12.0. The van der Waals surface area contributed by atoms with Gasteiger partial charge in [0.2, 0.25) is 0 Å². The topological polar surface area (TPSA) is 13.1 Å². The molecule has 2 heterocycles. The van der Waals surface area contributed by atoms with Gasteiger partial charge in [0, 0.05) is 41.9 Å². The van der Waals surface area contributed by atoms with Crippen molar-refractivity contribution in [2.75, 3.05) is 0 Å². The first-order chi connectivity index (χ1) is 29.0. The summed E-state index contributed by atoms with van der Waals surface area (Å²) in [6, 6.07) is 67.2. The number of rotatable bonds is 3. The third-order valence-electron chi connectivity index (χ3n) is 13.2. The molecule has 1 aliphatic rings. The Balaban J connectivity index is 0.962. The largest absolute Gasteiger partial charge is 0.455 e. The van der Waals surface area contributed by atoms with E-state index in [-0.39, 0.29) is 5.41 Å². The number of hydrogen-bond acceptors (Lipinski definition) is 2. The third kappa shape index (κ3) is 4.55. The lowest BCUT2D eigenvalue weighted by atomic mass is 9.80. The quantitative estimate of drug-likeness (QED) is 0.163. The van der Waals surface area contributed by atoms with Gasteiger partial charge in [0.1, 0.15) is 11.2 Å². The third-order valence-corrected chi connectivity index (χ3v) is 14.4. The van der Waals surface area contributed by atoms with E-state index in [4.69, 9.17) is 4.42 Å². The summed E-state index contributed by atoms with van der Waals surface area (Å²) in [5.74, 6) is 0. The Morgan fingerprint density at radius 1 is 0.424 bits per heavy atom. The standard InChI is InChI=1S/C57H36OS/c1-57(2)48-22-11-10-15-39(48)44-28-30-50-53(54(44)57)46-27-24-35-31-34(23-26-38(35)56(46)59-50)37-20-12-21-45-47-32-36(25-29-49(47)58-55(37)45)52-42-18-8-6-16-40(42)51(33-13-4-3-5-14-33)41-17-7-9-19-43(41)52/h3-32H,1-2H3. The Morgan fingerprint density at radius 3 is 1.85 bits per heavy atom. The Hall–Kier alpha value is -7.00. The summed E-state index contributed by atoms with van der Waals surface area (Å²) >= 11 is 1.93. The smallest absolute Gasteiger partial charge is 0.143 e. The van der Waals surface area contributed by atoms with Crippen LogP contribution in [0.15, 0.2) is 186 Å². The molecule has 0 aliphatic heterocycles. The van der Waals surface area contributed by atoms with Crippen LogP contribution < -0.4 is 0 Å². The number of thiophene rings is 1. The Bertz CT molecular complexity index is 3690. The summed E-state index contributed by atoms with van der Waals surface area (Å²) in [4.78, 5) is 0. The summed E-state index contributed by atoms with van der Waals surface area (Å²) in [5.41, 5.74) is 14.6. The van der Waals surface area contributed by atoms with E-state index in [9.17, 15) is 0 Å². The van der Waals surface area contributed by atoms with Gasteiger partial charge in [0.15, 0.2) is 0 Å². The van der Waals surface area contributed by atoms with E-state index in [1.165, 1.54) is 97.0 Å². The van der Waals surface area contributed by atoms with Crippen LogP contribution in [0.4, 0.5) is 0 Å². The molecule has 1 nitrogen and oxygen atoms in total. The van der Waals surface area contributed by atoms with Crippen molar-refractivity contribution in [2.24, 2.45) is 0 Å². The minimum atomic E-state index is -0.0567. The number of furan rings is 1. The minimum Gasteiger partial charge on any atom is -0.455 e. The highest BCUT2D eigenvalue weighted by Gasteiger charge is 2.37. The summed E-state index contributed by atoms with van der Waals surface area (Å²) in [6.45, 7) is 4.78. The molecule has 0 atom stereocenters. The van der Waals surface area contributed by atoms with Gasteiger partial charge >= 0.3 is 0 Å². The van der Waals surface area contributed by atoms with Crippen molar-refractivity contribution in [1.29, 1.82) is 0 Å². The van der Waals surface area contributed by atoms with Crippen LogP contribution in [-0.4, -0.2) is 0 Å². The van der Waals surface area contributed by atoms with Crippen LogP contribution in [0.1, 0.15) is 25.0 Å². The highest BCUT2D eigenvalue weighted by Crippen LogP contribution is 2.54. The Labute approximate surface area is 345 Å². The van der Waals surface area contributed by atoms with Crippen LogP contribution >= 0.6 is 11.3 Å². The van der Waals surface area contributed by atoms with E-state index in [0.29, 0.717) is 0 Å². The number of fused-ring (bicyclic) bond motifs is 14. The average Bonchev–Trinajstić information content (AvgIpc) is 3.93. The van der Waals surface area contributed by atoms with Crippen molar-refractivity contribution < 1.29 is 4.42 Å². The van der Waals surface area contributed by atoms with Gasteiger partial charge in [-0.3, -0.25) is 0 Å². The first kappa shape index (κ1) is 33.0. The maximum Gasteiger partial charge on any atom is 0.143 e. The predicted octanol–water partition coefficient (Wildman–Crippen LogP) is 16.7. The molecule has 0 N–H and O–H groups in total. The maximum absolute atomic E-state index is 6.79. The molecular formula is C57H36OS. The van der Waals surface area contributed by atoms with Gasteiger partial charge in [0.05, 0.1) is 0 Å². The van der Waals surface area contributed by atoms with Gasteiger partial charge in [0.25, 0.3) is 0 Å². The second-order valence-electron chi connectivity index (χ2n) is 16.7. The zero-order chi connectivity index (χ0) is 39.0. The van der Waals surface area contributed by atoms with Crippen molar-refractivity contribution in [3.05, 3.63) is 193 Å². The van der Waals surface area contributed by atoms with E-state index in [1.54, 1.807) is 0 Å². The molecule has 2 heteroatoms. The van der Waals surface area contributed by atoms with Crippen molar-refractivity contribution in [3.63, 3.8) is 0 Å². The van der Waals surface area contributed by atoms with Crippen LogP contribution in [0.3, 0.4) is 0 Å². The van der Waals surface area contributed by atoms with Crippen LogP contribution in [0.2, 0.25) is 0 Å². The molecule has 59 heavy (non-hydrogen) atoms. The van der Waals surface area contributed by atoms with Crippen molar-refractivity contribution in [3.8, 4) is 44.5 Å². The fourth-order valence-electron chi connectivity index (χ4n) is 10.6. The first-order valence-corrected chi connectivity index (χ1v) is 21.3. The second-order valence-corrected chi connectivity index (χ2v) is 17.8. The summed E-state index contributed by atoms with van der Waals surface area (Å²) < 4.78 is 9.51. The lowest BCUT2D eigenvalue weighted by molar-refractivity contribution is 0.667. The lowest BCUT2D eigenvalue weighted by Gasteiger charge is -2.22. The molecule has 2 aromatic heterocycles. The molecule has 10 aromatic carbocycles. The predicted molar refractivity (Wildman–Crippen MR) is 253 cm³/mol. The first-order valence-electron chi connectivity index (χ1n) is 20.5. The van der Waals surface area contributed by atoms with E-state index in [0.717, 1.165) is 33.1 Å². The van der Waals surface area contributed by atoms with E-state index < -0.39 is 0 Å². The van der Waals surface area contributed by atoms with Gasteiger partial charge in [-0.1, -0.05) is 172 Å². The van der Waals surface area contributed by atoms with E-state index in [2.05, 4.69) is 196 Å².